The Morgan fingerprint density at radius 2 is 1.69 bits per heavy atom. The fourth-order valence-corrected chi connectivity index (χ4v) is 2.42. The summed E-state index contributed by atoms with van der Waals surface area (Å²) in [5.74, 6) is 0.111. The Bertz CT molecular complexity index is 856. The van der Waals surface area contributed by atoms with Crippen LogP contribution in [0.2, 0.25) is 0 Å². The molecule has 0 bridgehead atoms. The Balaban J connectivity index is 0.00000338. The molecule has 0 radical (unpaired) electrons. The Morgan fingerprint density at radius 1 is 1.12 bits per heavy atom. The van der Waals surface area contributed by atoms with Gasteiger partial charge in [0.05, 0.1) is 0 Å². The maximum atomic E-state index is 12.0. The van der Waals surface area contributed by atoms with Gasteiger partial charge in [-0.3, -0.25) is 18.7 Å². The van der Waals surface area contributed by atoms with Gasteiger partial charge in [0.15, 0.2) is 0 Å². The highest BCUT2D eigenvalue weighted by atomic mass is 35.5. The quantitative estimate of drug-likeness (QED) is 0.778. The van der Waals surface area contributed by atoms with Gasteiger partial charge in [0.2, 0.25) is 5.91 Å². The molecule has 1 aromatic heterocycles. The first-order valence-corrected chi connectivity index (χ1v) is 8.18. The number of halogens is 1. The van der Waals surface area contributed by atoms with Crippen molar-refractivity contribution in [3.8, 4) is 0 Å². The van der Waals surface area contributed by atoms with Gasteiger partial charge in [0, 0.05) is 31.9 Å². The lowest BCUT2D eigenvalue weighted by Crippen LogP contribution is -2.41. The summed E-state index contributed by atoms with van der Waals surface area (Å²) in [6.45, 7) is 4.35. The van der Waals surface area contributed by atoms with Crippen molar-refractivity contribution in [2.45, 2.75) is 32.4 Å². The number of carbonyl (C=O) groups excluding carboxylic acids is 1. The van der Waals surface area contributed by atoms with E-state index in [1.165, 1.54) is 29.4 Å². The Hall–Kier alpha value is -2.38. The van der Waals surface area contributed by atoms with Crippen LogP contribution in [0.15, 0.2) is 46.1 Å². The summed E-state index contributed by atoms with van der Waals surface area (Å²) in [5.41, 5.74) is 7.33. The van der Waals surface area contributed by atoms with Crippen LogP contribution in [0.25, 0.3) is 0 Å². The molecule has 2 aromatic rings. The minimum absolute atomic E-state index is 0. The summed E-state index contributed by atoms with van der Waals surface area (Å²) >= 11 is 0. The van der Waals surface area contributed by atoms with Crippen LogP contribution in [0.5, 0.6) is 0 Å². The van der Waals surface area contributed by atoms with Gasteiger partial charge >= 0.3 is 5.69 Å². The molecule has 0 aliphatic heterocycles. The van der Waals surface area contributed by atoms with Crippen LogP contribution in [0, 0.1) is 0 Å². The van der Waals surface area contributed by atoms with E-state index in [4.69, 9.17) is 5.73 Å². The number of hydrogen-bond donors (Lipinski definition) is 2. The van der Waals surface area contributed by atoms with Crippen molar-refractivity contribution in [1.29, 1.82) is 0 Å². The Kier molecular flexibility index (Phi) is 7.79. The van der Waals surface area contributed by atoms with E-state index in [-0.39, 0.29) is 37.4 Å². The molecular weight excluding hydrogens is 356 g/mol. The molecule has 0 aliphatic carbocycles. The number of aromatic nitrogens is 2. The summed E-state index contributed by atoms with van der Waals surface area (Å²) in [5, 5.41) is 2.72. The predicted molar refractivity (Wildman–Crippen MR) is 104 cm³/mol. The third kappa shape index (κ3) is 5.31. The zero-order chi connectivity index (χ0) is 18.6. The number of nitrogens with zero attached hydrogens (tertiary/aromatic N) is 2. The van der Waals surface area contributed by atoms with Gasteiger partial charge in [0.1, 0.15) is 6.54 Å². The van der Waals surface area contributed by atoms with E-state index in [9.17, 15) is 14.4 Å². The van der Waals surface area contributed by atoms with E-state index in [1.54, 1.807) is 0 Å². The van der Waals surface area contributed by atoms with Gasteiger partial charge in [-0.15, -0.1) is 12.4 Å². The summed E-state index contributed by atoms with van der Waals surface area (Å²) in [6.07, 6.45) is 1.31. The van der Waals surface area contributed by atoms with Crippen molar-refractivity contribution in [3.05, 3.63) is 68.5 Å². The summed E-state index contributed by atoms with van der Waals surface area (Å²) in [7, 11) is 1.37. The Labute approximate surface area is 158 Å². The van der Waals surface area contributed by atoms with Crippen LogP contribution in [-0.4, -0.2) is 21.6 Å². The maximum Gasteiger partial charge on any atom is 0.331 e. The zero-order valence-electron chi connectivity index (χ0n) is 15.1. The zero-order valence-corrected chi connectivity index (χ0v) is 16.0. The van der Waals surface area contributed by atoms with Crippen LogP contribution in [0.3, 0.4) is 0 Å². The highest BCUT2D eigenvalue weighted by Crippen LogP contribution is 2.17. The molecule has 1 amide bonds. The minimum Gasteiger partial charge on any atom is -0.353 e. The molecule has 1 atom stereocenters. The monoisotopic (exact) mass is 380 g/mol. The number of hydrogen-bond acceptors (Lipinski definition) is 4. The van der Waals surface area contributed by atoms with Crippen molar-refractivity contribution >= 4 is 18.3 Å². The van der Waals surface area contributed by atoms with Crippen molar-refractivity contribution in [3.63, 3.8) is 0 Å². The van der Waals surface area contributed by atoms with Crippen molar-refractivity contribution < 1.29 is 4.79 Å². The summed E-state index contributed by atoms with van der Waals surface area (Å²) in [6, 6.07) is 8.91. The standard InChI is InChI=1S/C18H24N4O3.ClH/c1-12(2)13-4-6-14(7-5-13)15(19)10-20-16(23)11-22-9-8-17(24)21(3)18(22)25;/h4-9,12,15H,10-11,19H2,1-3H3,(H,20,23);1H. The molecule has 3 N–H and O–H groups in total. The third-order valence-corrected chi connectivity index (χ3v) is 4.12. The SMILES string of the molecule is CC(C)c1ccc(C(N)CNC(=O)Cn2ccc(=O)n(C)c2=O)cc1.Cl. The maximum absolute atomic E-state index is 12.0. The van der Waals surface area contributed by atoms with E-state index >= 15 is 0 Å². The van der Waals surface area contributed by atoms with Crippen molar-refractivity contribution in [2.75, 3.05) is 6.54 Å². The summed E-state index contributed by atoms with van der Waals surface area (Å²) in [4.78, 5) is 35.3. The molecule has 1 aromatic carbocycles. The number of rotatable bonds is 6. The second kappa shape index (κ2) is 9.35. The number of carbonyl (C=O) groups is 1. The second-order valence-electron chi connectivity index (χ2n) is 6.36. The average Bonchev–Trinajstić information content (AvgIpc) is 2.60. The lowest BCUT2D eigenvalue weighted by molar-refractivity contribution is -0.121. The van der Waals surface area contributed by atoms with Crippen LogP contribution < -0.4 is 22.3 Å². The molecular formula is C18H25ClN4O3. The highest BCUT2D eigenvalue weighted by Gasteiger charge is 2.11. The van der Waals surface area contributed by atoms with Crippen molar-refractivity contribution in [2.24, 2.45) is 12.8 Å². The van der Waals surface area contributed by atoms with Gasteiger partial charge < -0.3 is 11.1 Å². The van der Waals surface area contributed by atoms with Crippen LogP contribution >= 0.6 is 12.4 Å². The van der Waals surface area contributed by atoms with Gasteiger partial charge in [-0.25, -0.2) is 4.79 Å². The highest BCUT2D eigenvalue weighted by molar-refractivity contribution is 5.85. The number of benzene rings is 1. The molecule has 8 heteroatoms. The lowest BCUT2D eigenvalue weighted by atomic mass is 9.99. The number of nitrogens with one attached hydrogen (secondary N) is 1. The molecule has 2 rings (SSSR count). The van der Waals surface area contributed by atoms with E-state index in [0.717, 1.165) is 10.1 Å². The predicted octanol–water partition coefficient (Wildman–Crippen LogP) is 0.908. The molecule has 0 fully saturated rings. The molecule has 1 heterocycles. The molecule has 7 nitrogen and oxygen atoms in total. The van der Waals surface area contributed by atoms with E-state index in [1.807, 2.05) is 24.3 Å². The van der Waals surface area contributed by atoms with Gasteiger partial charge in [-0.1, -0.05) is 38.1 Å². The topological polar surface area (TPSA) is 99.1 Å². The molecule has 0 spiro atoms. The first-order chi connectivity index (χ1) is 11.8. The van der Waals surface area contributed by atoms with Gasteiger partial charge in [0.25, 0.3) is 5.56 Å². The first kappa shape index (κ1) is 21.7. The van der Waals surface area contributed by atoms with Crippen LogP contribution in [-0.2, 0) is 18.4 Å². The largest absolute Gasteiger partial charge is 0.353 e. The molecule has 1 unspecified atom stereocenters. The lowest BCUT2D eigenvalue weighted by Gasteiger charge is -2.15. The first-order valence-electron chi connectivity index (χ1n) is 8.18. The summed E-state index contributed by atoms with van der Waals surface area (Å²) < 4.78 is 2.13. The minimum atomic E-state index is -0.531. The molecule has 0 saturated heterocycles. The normalized spacial score (nSPS) is 11.7. The fraction of sp³-hybridized carbons (Fsp3) is 0.389. The second-order valence-corrected chi connectivity index (χ2v) is 6.36. The fourth-order valence-electron chi connectivity index (χ4n) is 2.42. The molecule has 142 valence electrons. The van der Waals surface area contributed by atoms with Gasteiger partial charge in [-0.05, 0) is 17.0 Å². The third-order valence-electron chi connectivity index (χ3n) is 4.12. The molecule has 0 aliphatic rings. The number of amides is 1. The van der Waals surface area contributed by atoms with Crippen LogP contribution in [0.1, 0.15) is 36.9 Å². The number of nitrogens with two attached hydrogens (primary N) is 1. The van der Waals surface area contributed by atoms with E-state index in [2.05, 4.69) is 19.2 Å². The van der Waals surface area contributed by atoms with E-state index in [0.29, 0.717) is 5.92 Å². The Morgan fingerprint density at radius 3 is 2.27 bits per heavy atom. The van der Waals surface area contributed by atoms with Crippen LogP contribution in [0.4, 0.5) is 0 Å². The smallest absolute Gasteiger partial charge is 0.331 e. The average molecular weight is 381 g/mol. The van der Waals surface area contributed by atoms with Gasteiger partial charge in [-0.2, -0.15) is 0 Å². The van der Waals surface area contributed by atoms with E-state index < -0.39 is 11.2 Å². The molecule has 0 saturated carbocycles. The van der Waals surface area contributed by atoms with Crippen molar-refractivity contribution in [1.82, 2.24) is 14.5 Å². The molecule has 26 heavy (non-hydrogen) atoms.